The Kier molecular flexibility index (Phi) is 2.33. The molecule has 1 atom stereocenters. The lowest BCUT2D eigenvalue weighted by Crippen LogP contribution is -2.16. The minimum Gasteiger partial charge on any atom is -0.481 e. The van der Waals surface area contributed by atoms with Crippen molar-refractivity contribution >= 4 is 17.3 Å². The number of carboxylic acid groups (broad SMARTS) is 1. The van der Waals surface area contributed by atoms with Crippen molar-refractivity contribution in [3.05, 3.63) is 21.9 Å². The summed E-state index contributed by atoms with van der Waals surface area (Å²) in [5.74, 6) is -0.800. The third-order valence-corrected chi connectivity index (χ3v) is 3.17. The molecule has 0 radical (unpaired) electrons. The van der Waals surface area contributed by atoms with Crippen LogP contribution in [0.1, 0.15) is 23.0 Å². The Labute approximate surface area is 80.0 Å². The molecule has 3 nitrogen and oxygen atoms in total. The molecule has 0 spiro atoms. The van der Waals surface area contributed by atoms with Crippen LogP contribution in [0.15, 0.2) is 11.4 Å². The van der Waals surface area contributed by atoms with E-state index in [0.717, 1.165) is 11.3 Å². The molecule has 0 aromatic carbocycles. The largest absolute Gasteiger partial charge is 0.481 e. The van der Waals surface area contributed by atoms with Crippen molar-refractivity contribution in [2.24, 2.45) is 0 Å². The summed E-state index contributed by atoms with van der Waals surface area (Å²) in [5.41, 5.74) is 1.25. The van der Waals surface area contributed by atoms with Crippen molar-refractivity contribution in [3.63, 3.8) is 0 Å². The minimum absolute atomic E-state index is 0.0769. The molecule has 1 aromatic heterocycles. The van der Waals surface area contributed by atoms with Crippen LogP contribution in [0.25, 0.3) is 0 Å². The summed E-state index contributed by atoms with van der Waals surface area (Å²) in [6.45, 7) is 0.641. The van der Waals surface area contributed by atoms with Gasteiger partial charge in [0.1, 0.15) is 6.10 Å². The highest BCUT2D eigenvalue weighted by Gasteiger charge is 2.24. The molecule has 0 fully saturated rings. The van der Waals surface area contributed by atoms with Crippen molar-refractivity contribution in [1.82, 2.24) is 0 Å². The smallest absolute Gasteiger partial charge is 0.306 e. The van der Waals surface area contributed by atoms with Gasteiger partial charge in [-0.25, -0.2) is 0 Å². The first kappa shape index (κ1) is 8.72. The number of carboxylic acids is 1. The zero-order chi connectivity index (χ0) is 9.26. The van der Waals surface area contributed by atoms with Gasteiger partial charge in [-0.2, -0.15) is 0 Å². The lowest BCUT2D eigenvalue weighted by atomic mass is 10.1. The predicted molar refractivity (Wildman–Crippen MR) is 49.0 cm³/mol. The van der Waals surface area contributed by atoms with Gasteiger partial charge in [-0.15, -0.1) is 11.3 Å². The van der Waals surface area contributed by atoms with Gasteiger partial charge in [0.2, 0.25) is 0 Å². The molecule has 0 bridgehead atoms. The average molecular weight is 198 g/mol. The lowest BCUT2D eigenvalue weighted by molar-refractivity contribution is -0.140. The van der Waals surface area contributed by atoms with E-state index in [-0.39, 0.29) is 12.5 Å². The number of carbonyl (C=O) groups is 1. The minimum atomic E-state index is -0.800. The Morgan fingerprint density at radius 3 is 3.38 bits per heavy atom. The number of rotatable bonds is 2. The Morgan fingerprint density at radius 2 is 2.62 bits per heavy atom. The van der Waals surface area contributed by atoms with Gasteiger partial charge in [0.05, 0.1) is 13.0 Å². The maximum Gasteiger partial charge on any atom is 0.306 e. The molecule has 1 aliphatic rings. The third kappa shape index (κ3) is 1.73. The number of aliphatic carboxylic acids is 1. The summed E-state index contributed by atoms with van der Waals surface area (Å²) in [5, 5.41) is 10.6. The van der Waals surface area contributed by atoms with Crippen LogP contribution in [0.4, 0.5) is 0 Å². The van der Waals surface area contributed by atoms with Crippen molar-refractivity contribution < 1.29 is 14.6 Å². The van der Waals surface area contributed by atoms with E-state index in [0.29, 0.717) is 6.61 Å². The molecule has 1 aromatic rings. The summed E-state index contributed by atoms with van der Waals surface area (Å²) in [6, 6.07) is 2.05. The van der Waals surface area contributed by atoms with Crippen molar-refractivity contribution in [1.29, 1.82) is 0 Å². The molecule has 0 saturated heterocycles. The van der Waals surface area contributed by atoms with E-state index in [1.54, 1.807) is 11.3 Å². The van der Waals surface area contributed by atoms with Crippen LogP contribution < -0.4 is 0 Å². The van der Waals surface area contributed by atoms with Crippen LogP contribution in [0.3, 0.4) is 0 Å². The van der Waals surface area contributed by atoms with E-state index >= 15 is 0 Å². The van der Waals surface area contributed by atoms with Crippen LogP contribution in [-0.4, -0.2) is 17.7 Å². The molecule has 1 aliphatic heterocycles. The van der Waals surface area contributed by atoms with Gasteiger partial charge in [-0.1, -0.05) is 0 Å². The monoisotopic (exact) mass is 198 g/mol. The normalized spacial score (nSPS) is 21.1. The number of hydrogen-bond acceptors (Lipinski definition) is 3. The third-order valence-electron chi connectivity index (χ3n) is 2.12. The fraction of sp³-hybridized carbons (Fsp3) is 0.444. The molecule has 0 aliphatic carbocycles. The summed E-state index contributed by atoms with van der Waals surface area (Å²) >= 11 is 1.59. The Hall–Kier alpha value is -0.870. The molecule has 1 N–H and O–H groups in total. The topological polar surface area (TPSA) is 46.5 Å². The highest BCUT2D eigenvalue weighted by molar-refractivity contribution is 7.10. The van der Waals surface area contributed by atoms with E-state index in [1.165, 1.54) is 5.56 Å². The molecular weight excluding hydrogens is 188 g/mol. The molecule has 70 valence electrons. The summed E-state index contributed by atoms with van der Waals surface area (Å²) in [7, 11) is 0. The van der Waals surface area contributed by atoms with Crippen molar-refractivity contribution in [2.45, 2.75) is 18.9 Å². The number of hydrogen-bond donors (Lipinski definition) is 1. The standard InChI is InChI=1S/C9H10O3S/c10-8(11)5-7-9-6(1-3-12-7)2-4-13-9/h2,4,7H,1,3,5H2,(H,10,11)/t7-/m1/s1. The molecule has 2 rings (SSSR count). The van der Waals surface area contributed by atoms with E-state index < -0.39 is 5.97 Å². The van der Waals surface area contributed by atoms with Gasteiger partial charge in [0, 0.05) is 4.88 Å². The summed E-state index contributed by atoms with van der Waals surface area (Å²) in [6.07, 6.45) is 0.767. The highest BCUT2D eigenvalue weighted by Crippen LogP contribution is 2.33. The fourth-order valence-corrected chi connectivity index (χ4v) is 2.54. The maximum absolute atomic E-state index is 10.5. The van der Waals surface area contributed by atoms with Crippen LogP contribution in [0, 0.1) is 0 Å². The predicted octanol–water partition coefficient (Wildman–Crippen LogP) is 1.84. The first-order chi connectivity index (χ1) is 6.27. The molecular formula is C9H10O3S. The SMILES string of the molecule is O=C(O)C[C@H]1OCCc2ccsc21. The molecule has 13 heavy (non-hydrogen) atoms. The van der Waals surface area contributed by atoms with Gasteiger partial charge >= 0.3 is 5.97 Å². The first-order valence-electron chi connectivity index (χ1n) is 4.17. The highest BCUT2D eigenvalue weighted by atomic mass is 32.1. The van der Waals surface area contributed by atoms with E-state index in [9.17, 15) is 4.79 Å². The number of ether oxygens (including phenoxy) is 1. The molecule has 4 heteroatoms. The second-order valence-corrected chi connectivity index (χ2v) is 3.97. The van der Waals surface area contributed by atoms with Gasteiger partial charge in [-0.05, 0) is 23.4 Å². The second kappa shape index (κ2) is 3.47. The molecule has 0 saturated carbocycles. The Bertz CT molecular complexity index is 318. The van der Waals surface area contributed by atoms with Gasteiger partial charge in [0.15, 0.2) is 0 Å². The summed E-state index contributed by atoms with van der Waals surface area (Å²) in [4.78, 5) is 11.6. The number of fused-ring (bicyclic) bond motifs is 1. The van der Waals surface area contributed by atoms with Crippen LogP contribution in [0.5, 0.6) is 0 Å². The van der Waals surface area contributed by atoms with Gasteiger partial charge in [-0.3, -0.25) is 4.79 Å². The van der Waals surface area contributed by atoms with Gasteiger partial charge in [0.25, 0.3) is 0 Å². The molecule has 0 amide bonds. The number of thiophene rings is 1. The van der Waals surface area contributed by atoms with Gasteiger partial charge < -0.3 is 9.84 Å². The quantitative estimate of drug-likeness (QED) is 0.788. The maximum atomic E-state index is 10.5. The van der Waals surface area contributed by atoms with E-state index in [1.807, 2.05) is 5.38 Å². The fourth-order valence-electron chi connectivity index (χ4n) is 1.53. The molecule has 2 heterocycles. The van der Waals surface area contributed by atoms with Crippen LogP contribution in [-0.2, 0) is 16.0 Å². The average Bonchev–Trinajstić information content (AvgIpc) is 2.51. The van der Waals surface area contributed by atoms with E-state index in [2.05, 4.69) is 6.07 Å². The van der Waals surface area contributed by atoms with Crippen molar-refractivity contribution in [3.8, 4) is 0 Å². The first-order valence-corrected chi connectivity index (χ1v) is 5.05. The van der Waals surface area contributed by atoms with Crippen molar-refractivity contribution in [2.75, 3.05) is 6.61 Å². The lowest BCUT2D eigenvalue weighted by Gasteiger charge is -2.21. The second-order valence-electron chi connectivity index (χ2n) is 3.02. The Balaban J connectivity index is 2.20. The van der Waals surface area contributed by atoms with Crippen LogP contribution in [0.2, 0.25) is 0 Å². The Morgan fingerprint density at radius 1 is 1.77 bits per heavy atom. The van der Waals surface area contributed by atoms with Crippen LogP contribution >= 0.6 is 11.3 Å². The zero-order valence-corrected chi connectivity index (χ0v) is 7.84. The zero-order valence-electron chi connectivity index (χ0n) is 7.03. The summed E-state index contributed by atoms with van der Waals surface area (Å²) < 4.78 is 5.40. The van der Waals surface area contributed by atoms with E-state index in [4.69, 9.17) is 9.84 Å². The molecule has 0 unspecified atom stereocenters.